The smallest absolute Gasteiger partial charge is 0.130 e. The highest BCUT2D eigenvalue weighted by Gasteiger charge is 2.35. The summed E-state index contributed by atoms with van der Waals surface area (Å²) in [7, 11) is 0. The van der Waals surface area contributed by atoms with E-state index >= 15 is 0 Å². The van der Waals surface area contributed by atoms with E-state index in [4.69, 9.17) is 9.97 Å². The largest absolute Gasteiger partial charge is 0.237 e. The van der Waals surface area contributed by atoms with Crippen LogP contribution in [-0.2, 0) is 0 Å². The monoisotopic (exact) mass is 310 g/mol. The van der Waals surface area contributed by atoms with E-state index in [1.165, 1.54) is 11.5 Å². The van der Waals surface area contributed by atoms with Crippen LogP contribution in [0.1, 0.15) is 0 Å². The second kappa shape index (κ2) is 4.81. The lowest BCUT2D eigenvalue weighted by Gasteiger charge is -2.33. The van der Waals surface area contributed by atoms with E-state index in [2.05, 4.69) is 23.5 Å². The van der Waals surface area contributed by atoms with E-state index in [0.29, 0.717) is 9.16 Å². The molecule has 0 saturated carbocycles. The molecule has 2 aromatic rings. The maximum Gasteiger partial charge on any atom is 0.130 e. The van der Waals surface area contributed by atoms with E-state index in [0.717, 1.165) is 21.1 Å². The molecule has 1 fully saturated rings. The molecule has 2 aliphatic rings. The van der Waals surface area contributed by atoms with Crippen LogP contribution in [-0.4, -0.2) is 30.6 Å². The summed E-state index contributed by atoms with van der Waals surface area (Å²) >= 11 is 7.95. The van der Waals surface area contributed by atoms with Crippen molar-refractivity contribution in [3.05, 3.63) is 24.3 Å². The summed E-state index contributed by atoms with van der Waals surface area (Å²) in [5.74, 6) is 2.52. The molecule has 0 N–H and O–H groups in total. The molecule has 1 saturated heterocycles. The van der Waals surface area contributed by atoms with Gasteiger partial charge in [0.1, 0.15) is 10.1 Å². The van der Waals surface area contributed by atoms with Crippen molar-refractivity contribution in [1.82, 2.24) is 9.97 Å². The third-order valence-corrected chi connectivity index (χ3v) is 9.41. The summed E-state index contributed by atoms with van der Waals surface area (Å²) in [5.41, 5.74) is 2.02. The van der Waals surface area contributed by atoms with Crippen molar-refractivity contribution in [1.29, 1.82) is 0 Å². The number of thioether (sulfide) groups is 4. The standard InChI is InChI=1S/C12H10N2S4/c1-2-4-8-7(3-1)13-9-10(14-8)18-12-11(17-9)15-5-6-16-12/h1-4,11-12H,5-6H2. The highest BCUT2D eigenvalue weighted by Crippen LogP contribution is 2.53. The van der Waals surface area contributed by atoms with E-state index in [9.17, 15) is 0 Å². The van der Waals surface area contributed by atoms with Crippen LogP contribution in [0, 0.1) is 0 Å². The fourth-order valence-electron chi connectivity index (χ4n) is 2.01. The minimum Gasteiger partial charge on any atom is -0.237 e. The maximum atomic E-state index is 4.76. The first kappa shape index (κ1) is 11.8. The van der Waals surface area contributed by atoms with Crippen LogP contribution in [0.3, 0.4) is 0 Å². The van der Waals surface area contributed by atoms with Crippen LogP contribution in [0.2, 0.25) is 0 Å². The van der Waals surface area contributed by atoms with Gasteiger partial charge in [-0.15, -0.1) is 23.5 Å². The number of rotatable bonds is 0. The lowest BCUT2D eigenvalue weighted by Crippen LogP contribution is -2.23. The minimum atomic E-state index is 0.636. The second-order valence-corrected chi connectivity index (χ2v) is 9.39. The number of benzene rings is 1. The van der Waals surface area contributed by atoms with Crippen LogP contribution < -0.4 is 0 Å². The number of nitrogens with zero attached hydrogens (tertiary/aromatic N) is 2. The summed E-state index contributed by atoms with van der Waals surface area (Å²) in [6.45, 7) is 0. The SMILES string of the molecule is c1ccc2nc3c(nc2c1)SC1SCCSC1S3. The third-order valence-electron chi connectivity index (χ3n) is 2.83. The molecule has 92 valence electrons. The van der Waals surface area contributed by atoms with Gasteiger partial charge in [-0.1, -0.05) is 35.7 Å². The van der Waals surface area contributed by atoms with Crippen LogP contribution in [0.25, 0.3) is 11.0 Å². The highest BCUT2D eigenvalue weighted by atomic mass is 32.2. The Morgan fingerprint density at radius 2 is 1.33 bits per heavy atom. The number of hydrogen-bond donors (Lipinski definition) is 0. The molecular weight excluding hydrogens is 300 g/mol. The van der Waals surface area contributed by atoms with Gasteiger partial charge >= 0.3 is 0 Å². The van der Waals surface area contributed by atoms with Gasteiger partial charge in [0.05, 0.1) is 20.2 Å². The minimum absolute atomic E-state index is 0.636. The molecule has 0 spiro atoms. The fraction of sp³-hybridized carbons (Fsp3) is 0.333. The first-order valence-electron chi connectivity index (χ1n) is 5.73. The Balaban J connectivity index is 1.80. The van der Waals surface area contributed by atoms with Crippen molar-refractivity contribution in [2.75, 3.05) is 11.5 Å². The van der Waals surface area contributed by atoms with Crippen molar-refractivity contribution >= 4 is 58.1 Å². The number of fused-ring (bicyclic) bond motifs is 3. The van der Waals surface area contributed by atoms with Crippen molar-refractivity contribution in [3.8, 4) is 0 Å². The van der Waals surface area contributed by atoms with Crippen LogP contribution in [0.15, 0.2) is 34.3 Å². The van der Waals surface area contributed by atoms with Crippen molar-refractivity contribution in [3.63, 3.8) is 0 Å². The Morgan fingerprint density at radius 3 is 1.83 bits per heavy atom. The zero-order valence-corrected chi connectivity index (χ0v) is 12.7. The van der Waals surface area contributed by atoms with E-state index < -0.39 is 0 Å². The molecule has 0 radical (unpaired) electrons. The summed E-state index contributed by atoms with van der Waals surface area (Å²) in [6, 6.07) is 8.14. The molecule has 0 amide bonds. The van der Waals surface area contributed by atoms with Gasteiger partial charge in [0.2, 0.25) is 0 Å². The van der Waals surface area contributed by atoms with Gasteiger partial charge in [-0.3, -0.25) is 0 Å². The average Bonchev–Trinajstić information content (AvgIpc) is 2.42. The number of para-hydroxylation sites is 2. The molecule has 18 heavy (non-hydrogen) atoms. The van der Waals surface area contributed by atoms with Crippen molar-refractivity contribution < 1.29 is 0 Å². The van der Waals surface area contributed by atoms with Crippen LogP contribution >= 0.6 is 47.0 Å². The number of aromatic nitrogens is 2. The second-order valence-electron chi connectivity index (χ2n) is 4.04. The first-order valence-corrected chi connectivity index (χ1v) is 9.59. The summed E-state index contributed by atoms with van der Waals surface area (Å²) in [6.07, 6.45) is 0. The molecular formula is C12H10N2S4. The molecule has 1 aromatic heterocycles. The van der Waals surface area contributed by atoms with E-state index in [1.807, 2.05) is 47.8 Å². The van der Waals surface area contributed by atoms with Gasteiger partial charge < -0.3 is 0 Å². The zero-order chi connectivity index (χ0) is 11.9. The topological polar surface area (TPSA) is 25.8 Å². The Kier molecular flexibility index (Phi) is 3.14. The zero-order valence-electron chi connectivity index (χ0n) is 9.41. The lowest BCUT2D eigenvalue weighted by molar-refractivity contribution is 0.954. The van der Waals surface area contributed by atoms with Gasteiger partial charge in [-0.2, -0.15) is 0 Å². The van der Waals surface area contributed by atoms with Crippen LogP contribution in [0.4, 0.5) is 0 Å². The molecule has 4 rings (SSSR count). The molecule has 2 atom stereocenters. The van der Waals surface area contributed by atoms with Crippen molar-refractivity contribution in [2.24, 2.45) is 0 Å². The maximum absolute atomic E-state index is 4.76. The van der Waals surface area contributed by atoms with E-state index in [-0.39, 0.29) is 0 Å². The predicted octanol–water partition coefficient (Wildman–Crippen LogP) is 3.96. The molecule has 6 heteroatoms. The normalized spacial score (nSPS) is 26.7. The summed E-state index contributed by atoms with van der Waals surface area (Å²) in [4.78, 5) is 9.53. The predicted molar refractivity (Wildman–Crippen MR) is 83.7 cm³/mol. The third kappa shape index (κ3) is 2.03. The van der Waals surface area contributed by atoms with Crippen molar-refractivity contribution in [2.45, 2.75) is 19.2 Å². The fourth-order valence-corrected chi connectivity index (χ4v) is 8.38. The average molecular weight is 310 g/mol. The quantitative estimate of drug-likeness (QED) is 0.731. The van der Waals surface area contributed by atoms with Gasteiger partial charge in [0, 0.05) is 11.5 Å². The van der Waals surface area contributed by atoms with Gasteiger partial charge in [0.15, 0.2) is 0 Å². The Morgan fingerprint density at radius 1 is 0.833 bits per heavy atom. The lowest BCUT2D eigenvalue weighted by atomic mass is 10.3. The summed E-state index contributed by atoms with van der Waals surface area (Å²) in [5, 5.41) is 2.24. The molecule has 2 unspecified atom stereocenters. The Bertz CT molecular complexity index is 551. The van der Waals surface area contributed by atoms with Gasteiger partial charge in [-0.05, 0) is 12.1 Å². The van der Waals surface area contributed by atoms with E-state index in [1.54, 1.807) is 0 Å². The Labute approximate surface area is 122 Å². The molecule has 0 aliphatic carbocycles. The summed E-state index contributed by atoms with van der Waals surface area (Å²) < 4.78 is 1.27. The Hall–Kier alpha value is -0.0400. The molecule has 0 bridgehead atoms. The molecule has 1 aromatic carbocycles. The first-order chi connectivity index (χ1) is 8.90. The molecule has 2 aliphatic heterocycles. The van der Waals surface area contributed by atoms with Gasteiger partial charge in [-0.25, -0.2) is 9.97 Å². The molecule has 2 nitrogen and oxygen atoms in total. The number of hydrogen-bond acceptors (Lipinski definition) is 6. The van der Waals surface area contributed by atoms with Crippen LogP contribution in [0.5, 0.6) is 0 Å². The molecule has 3 heterocycles. The van der Waals surface area contributed by atoms with Gasteiger partial charge in [0.25, 0.3) is 0 Å². The highest BCUT2D eigenvalue weighted by molar-refractivity contribution is 8.26.